The predicted molar refractivity (Wildman–Crippen MR) is 128 cm³/mol. The minimum absolute atomic E-state index is 0.676. The van der Waals surface area contributed by atoms with E-state index in [0.717, 1.165) is 39.0 Å². The van der Waals surface area contributed by atoms with Crippen LogP contribution in [-0.2, 0) is 0 Å². The molecule has 0 aliphatic rings. The Labute approximate surface area is 183 Å². The molecule has 0 amide bonds. The van der Waals surface area contributed by atoms with Gasteiger partial charge in [0.25, 0.3) is 0 Å². The van der Waals surface area contributed by atoms with Crippen LogP contribution in [0.25, 0.3) is 5.57 Å². The molecule has 0 spiro atoms. The van der Waals surface area contributed by atoms with Crippen molar-refractivity contribution < 1.29 is 5.11 Å². The first kappa shape index (κ1) is 21.8. The number of benzene rings is 3. The maximum absolute atomic E-state index is 11.0. The van der Waals surface area contributed by atoms with E-state index in [-0.39, 0.29) is 0 Å². The van der Waals surface area contributed by atoms with Gasteiger partial charge < -0.3 is 5.11 Å². The van der Waals surface area contributed by atoms with E-state index in [2.05, 4.69) is 30.8 Å². The van der Waals surface area contributed by atoms with E-state index in [9.17, 15) is 5.11 Å². The number of aliphatic hydroxyl groups is 1. The molecule has 0 aromatic heterocycles. The second-order valence-electron chi connectivity index (χ2n) is 7.51. The third-order valence-electron chi connectivity index (χ3n) is 5.06. The van der Waals surface area contributed by atoms with Crippen molar-refractivity contribution in [2.45, 2.75) is 26.9 Å². The Morgan fingerprint density at radius 3 is 2.37 bits per heavy atom. The molecule has 0 fully saturated rings. The average molecular weight is 416 g/mol. The number of rotatable bonds is 6. The zero-order chi connectivity index (χ0) is 21.7. The summed E-state index contributed by atoms with van der Waals surface area (Å²) in [4.78, 5) is 3.89. The SMILES string of the molecule is C=N/C=C(C)/C=C(/c1cccc(Cl)c1)c1cc(C(O)c2ccc(C)cc2)ccc1C. The lowest BCUT2D eigenvalue weighted by atomic mass is 9.89. The minimum atomic E-state index is -0.697. The molecule has 0 bridgehead atoms. The number of allylic oxidation sites excluding steroid dienone is 2. The zero-order valence-electron chi connectivity index (χ0n) is 17.6. The fraction of sp³-hybridized carbons (Fsp3) is 0.148. The van der Waals surface area contributed by atoms with E-state index in [1.54, 1.807) is 6.20 Å². The van der Waals surface area contributed by atoms with Crippen LogP contribution in [0.2, 0.25) is 5.02 Å². The van der Waals surface area contributed by atoms with Gasteiger partial charge in [0.2, 0.25) is 0 Å². The number of nitrogens with zero attached hydrogens (tertiary/aromatic N) is 1. The molecule has 1 N–H and O–H groups in total. The Morgan fingerprint density at radius 1 is 1.00 bits per heavy atom. The normalized spacial score (nSPS) is 13.2. The molecule has 0 saturated heterocycles. The molecule has 152 valence electrons. The summed E-state index contributed by atoms with van der Waals surface area (Å²) >= 11 is 6.28. The molecule has 0 aliphatic carbocycles. The quantitative estimate of drug-likeness (QED) is 0.338. The lowest BCUT2D eigenvalue weighted by molar-refractivity contribution is 0.220. The van der Waals surface area contributed by atoms with Gasteiger partial charge in [0.05, 0.1) is 0 Å². The van der Waals surface area contributed by atoms with Gasteiger partial charge in [-0.2, -0.15) is 0 Å². The maximum Gasteiger partial charge on any atom is 0.104 e. The lowest BCUT2D eigenvalue weighted by Crippen LogP contribution is -2.02. The first-order valence-corrected chi connectivity index (χ1v) is 10.2. The van der Waals surface area contributed by atoms with Gasteiger partial charge in [0.1, 0.15) is 6.10 Å². The van der Waals surface area contributed by atoms with Crippen molar-refractivity contribution in [3.63, 3.8) is 0 Å². The minimum Gasteiger partial charge on any atom is -0.384 e. The largest absolute Gasteiger partial charge is 0.384 e. The van der Waals surface area contributed by atoms with Crippen LogP contribution in [0.5, 0.6) is 0 Å². The van der Waals surface area contributed by atoms with E-state index >= 15 is 0 Å². The van der Waals surface area contributed by atoms with Crippen molar-refractivity contribution in [3.05, 3.63) is 123 Å². The topological polar surface area (TPSA) is 32.6 Å². The third-order valence-corrected chi connectivity index (χ3v) is 5.30. The van der Waals surface area contributed by atoms with Crippen LogP contribution in [0.1, 0.15) is 46.4 Å². The summed E-state index contributed by atoms with van der Waals surface area (Å²) < 4.78 is 0. The second kappa shape index (κ2) is 9.71. The standard InChI is InChI=1S/C27H26ClNO/c1-18-8-11-21(12-9-18)27(30)23-13-10-20(3)25(16-23)26(14-19(2)17-29-4)22-6-5-7-24(28)15-22/h5-17,27,30H,4H2,1-3H3/b19-17+,26-14-. The Kier molecular flexibility index (Phi) is 7.04. The summed E-state index contributed by atoms with van der Waals surface area (Å²) in [6.45, 7) is 9.65. The number of hydrogen-bond donors (Lipinski definition) is 1. The van der Waals surface area contributed by atoms with Gasteiger partial charge in [-0.1, -0.05) is 65.7 Å². The van der Waals surface area contributed by atoms with Crippen molar-refractivity contribution in [3.8, 4) is 0 Å². The maximum atomic E-state index is 11.0. The molecule has 1 unspecified atom stereocenters. The third kappa shape index (κ3) is 5.15. The number of hydrogen-bond acceptors (Lipinski definition) is 2. The van der Waals surface area contributed by atoms with Gasteiger partial charge in [-0.15, -0.1) is 0 Å². The van der Waals surface area contributed by atoms with Gasteiger partial charge >= 0.3 is 0 Å². The van der Waals surface area contributed by atoms with Gasteiger partial charge in [-0.05, 0) is 90.7 Å². The first-order valence-electron chi connectivity index (χ1n) is 9.85. The summed E-state index contributed by atoms with van der Waals surface area (Å²) in [5, 5.41) is 11.7. The highest BCUT2D eigenvalue weighted by Crippen LogP contribution is 2.32. The average Bonchev–Trinajstić information content (AvgIpc) is 2.73. The van der Waals surface area contributed by atoms with Crippen molar-refractivity contribution in [2.24, 2.45) is 4.99 Å². The molecule has 0 saturated carbocycles. The molecule has 30 heavy (non-hydrogen) atoms. The molecule has 0 aliphatic heterocycles. The molecule has 3 aromatic carbocycles. The predicted octanol–water partition coefficient (Wildman–Crippen LogP) is 7.07. The number of aliphatic hydroxyl groups excluding tert-OH is 1. The van der Waals surface area contributed by atoms with Crippen LogP contribution in [0.15, 0.2) is 89.6 Å². The molecule has 0 heterocycles. The smallest absolute Gasteiger partial charge is 0.104 e. The Bertz CT molecular complexity index is 1110. The molecule has 3 heteroatoms. The van der Waals surface area contributed by atoms with Crippen molar-refractivity contribution >= 4 is 23.9 Å². The molecule has 3 aromatic rings. The van der Waals surface area contributed by atoms with E-state index < -0.39 is 6.10 Å². The van der Waals surface area contributed by atoms with Gasteiger partial charge in [-0.25, -0.2) is 0 Å². The summed E-state index contributed by atoms with van der Waals surface area (Å²) in [6.07, 6.45) is 3.10. The van der Waals surface area contributed by atoms with E-state index in [1.807, 2.05) is 74.5 Å². The van der Waals surface area contributed by atoms with Gasteiger partial charge in [-0.3, -0.25) is 4.99 Å². The van der Waals surface area contributed by atoms with E-state index in [1.165, 1.54) is 5.56 Å². The van der Waals surface area contributed by atoms with E-state index in [4.69, 9.17) is 11.6 Å². The Hall–Kier alpha value is -2.94. The van der Waals surface area contributed by atoms with Crippen molar-refractivity contribution in [2.75, 3.05) is 0 Å². The van der Waals surface area contributed by atoms with Crippen LogP contribution < -0.4 is 0 Å². The Balaban J connectivity index is 2.13. The van der Waals surface area contributed by atoms with Crippen LogP contribution in [0.3, 0.4) is 0 Å². The summed E-state index contributed by atoms with van der Waals surface area (Å²) in [7, 11) is 0. The van der Waals surface area contributed by atoms with Crippen molar-refractivity contribution in [1.82, 2.24) is 0 Å². The summed E-state index contributed by atoms with van der Waals surface area (Å²) in [5.41, 5.74) is 8.03. The van der Waals surface area contributed by atoms with Crippen LogP contribution in [-0.4, -0.2) is 11.8 Å². The monoisotopic (exact) mass is 415 g/mol. The number of aliphatic imine (C=N–C) groups is 1. The number of halogens is 1. The van der Waals surface area contributed by atoms with Gasteiger partial charge in [0.15, 0.2) is 0 Å². The fourth-order valence-electron chi connectivity index (χ4n) is 3.42. The Morgan fingerprint density at radius 2 is 1.70 bits per heavy atom. The molecule has 2 nitrogen and oxygen atoms in total. The molecular weight excluding hydrogens is 390 g/mol. The van der Waals surface area contributed by atoms with Gasteiger partial charge in [0, 0.05) is 11.2 Å². The highest BCUT2D eigenvalue weighted by Gasteiger charge is 2.15. The van der Waals surface area contributed by atoms with Crippen LogP contribution in [0, 0.1) is 13.8 Å². The second-order valence-corrected chi connectivity index (χ2v) is 7.95. The highest BCUT2D eigenvalue weighted by molar-refractivity contribution is 6.30. The molecule has 1 atom stereocenters. The zero-order valence-corrected chi connectivity index (χ0v) is 18.3. The fourth-order valence-corrected chi connectivity index (χ4v) is 3.61. The highest BCUT2D eigenvalue weighted by atomic mass is 35.5. The summed E-state index contributed by atoms with van der Waals surface area (Å²) in [6, 6.07) is 21.8. The lowest BCUT2D eigenvalue weighted by Gasteiger charge is -2.17. The summed E-state index contributed by atoms with van der Waals surface area (Å²) in [5.74, 6) is 0. The van der Waals surface area contributed by atoms with Crippen LogP contribution in [0.4, 0.5) is 0 Å². The van der Waals surface area contributed by atoms with E-state index in [0.29, 0.717) is 5.02 Å². The first-order chi connectivity index (χ1) is 14.4. The molecule has 0 radical (unpaired) electrons. The molecular formula is C27H26ClNO. The molecule has 3 rings (SSSR count). The van der Waals surface area contributed by atoms with Crippen LogP contribution >= 0.6 is 11.6 Å². The number of aryl methyl sites for hydroxylation is 2. The van der Waals surface area contributed by atoms with Crippen molar-refractivity contribution in [1.29, 1.82) is 0 Å².